The van der Waals surface area contributed by atoms with Crippen molar-refractivity contribution in [2.75, 3.05) is 13.1 Å². The van der Waals surface area contributed by atoms with Crippen molar-refractivity contribution < 1.29 is 0 Å². The molecule has 1 aromatic carbocycles. The van der Waals surface area contributed by atoms with Crippen molar-refractivity contribution in [2.45, 2.75) is 26.3 Å². The number of halogens is 1. The van der Waals surface area contributed by atoms with Crippen LogP contribution in [0.4, 0.5) is 0 Å². The number of benzene rings is 1. The molecule has 0 unspecified atom stereocenters. The Hall–Kier alpha value is -0.640. The molecule has 1 heterocycles. The van der Waals surface area contributed by atoms with Gasteiger partial charge in [-0.1, -0.05) is 42.9 Å². The second-order valence-electron chi connectivity index (χ2n) is 5.13. The molecule has 2 N–H and O–H groups in total. The average Bonchev–Trinajstić information content (AvgIpc) is 2.34. The SMILES string of the molecule is CC1CCN(Cc2ccc(C(N)=S)cc2Cl)CC1. The molecule has 1 fully saturated rings. The average molecular weight is 283 g/mol. The van der Waals surface area contributed by atoms with E-state index in [1.807, 2.05) is 18.2 Å². The van der Waals surface area contributed by atoms with Crippen LogP contribution in [0.25, 0.3) is 0 Å². The third kappa shape index (κ3) is 3.44. The molecular weight excluding hydrogens is 264 g/mol. The van der Waals surface area contributed by atoms with Crippen LogP contribution in [-0.4, -0.2) is 23.0 Å². The Morgan fingerprint density at radius 1 is 1.44 bits per heavy atom. The highest BCUT2D eigenvalue weighted by Crippen LogP contribution is 2.23. The van der Waals surface area contributed by atoms with Crippen molar-refractivity contribution in [3.63, 3.8) is 0 Å². The van der Waals surface area contributed by atoms with Crippen LogP contribution in [0, 0.1) is 5.92 Å². The fourth-order valence-electron chi connectivity index (χ4n) is 2.29. The van der Waals surface area contributed by atoms with Crippen molar-refractivity contribution in [3.8, 4) is 0 Å². The number of rotatable bonds is 3. The molecule has 0 atom stereocenters. The first kappa shape index (κ1) is 13.8. The van der Waals surface area contributed by atoms with E-state index in [0.717, 1.165) is 41.7 Å². The first-order valence-electron chi connectivity index (χ1n) is 6.37. The predicted molar refractivity (Wildman–Crippen MR) is 81.0 cm³/mol. The molecule has 1 aliphatic heterocycles. The molecule has 0 bridgehead atoms. The molecule has 0 radical (unpaired) electrons. The van der Waals surface area contributed by atoms with Crippen LogP contribution < -0.4 is 5.73 Å². The first-order chi connectivity index (χ1) is 8.56. The first-order valence-corrected chi connectivity index (χ1v) is 7.15. The summed E-state index contributed by atoms with van der Waals surface area (Å²) in [6, 6.07) is 5.86. The summed E-state index contributed by atoms with van der Waals surface area (Å²) in [6.45, 7) is 5.56. The zero-order valence-electron chi connectivity index (χ0n) is 10.7. The highest BCUT2D eigenvalue weighted by Gasteiger charge is 2.16. The summed E-state index contributed by atoms with van der Waals surface area (Å²) in [7, 11) is 0. The Morgan fingerprint density at radius 2 is 2.11 bits per heavy atom. The van der Waals surface area contributed by atoms with Gasteiger partial charge < -0.3 is 5.73 Å². The lowest BCUT2D eigenvalue weighted by atomic mass is 9.99. The lowest BCUT2D eigenvalue weighted by Gasteiger charge is -2.30. The van der Waals surface area contributed by atoms with E-state index in [0.29, 0.717) is 4.99 Å². The lowest BCUT2D eigenvalue weighted by Crippen LogP contribution is -2.32. The molecule has 2 nitrogen and oxygen atoms in total. The molecule has 0 spiro atoms. The molecule has 0 aromatic heterocycles. The molecule has 0 saturated carbocycles. The number of likely N-dealkylation sites (tertiary alicyclic amines) is 1. The van der Waals surface area contributed by atoms with E-state index < -0.39 is 0 Å². The summed E-state index contributed by atoms with van der Waals surface area (Å²) in [5.41, 5.74) is 7.59. The number of nitrogens with two attached hydrogens (primary N) is 1. The molecule has 1 aromatic rings. The third-order valence-electron chi connectivity index (χ3n) is 3.61. The maximum atomic E-state index is 6.28. The summed E-state index contributed by atoms with van der Waals surface area (Å²) in [6.07, 6.45) is 2.56. The normalized spacial score (nSPS) is 17.9. The maximum absolute atomic E-state index is 6.28. The van der Waals surface area contributed by atoms with Crippen molar-refractivity contribution in [1.29, 1.82) is 0 Å². The van der Waals surface area contributed by atoms with Gasteiger partial charge in [-0.25, -0.2) is 0 Å². The quantitative estimate of drug-likeness (QED) is 0.864. The Kier molecular flexibility index (Phi) is 4.60. The van der Waals surface area contributed by atoms with Gasteiger partial charge in [-0.15, -0.1) is 0 Å². The maximum Gasteiger partial charge on any atom is 0.104 e. The predicted octanol–water partition coefficient (Wildman–Crippen LogP) is 3.21. The lowest BCUT2D eigenvalue weighted by molar-refractivity contribution is 0.185. The molecule has 18 heavy (non-hydrogen) atoms. The smallest absolute Gasteiger partial charge is 0.104 e. The van der Waals surface area contributed by atoms with Gasteiger partial charge in [0.1, 0.15) is 4.99 Å². The monoisotopic (exact) mass is 282 g/mol. The Balaban J connectivity index is 2.03. The zero-order valence-corrected chi connectivity index (χ0v) is 12.2. The van der Waals surface area contributed by atoms with E-state index in [1.54, 1.807) is 0 Å². The van der Waals surface area contributed by atoms with Gasteiger partial charge in [-0.2, -0.15) is 0 Å². The molecule has 1 aliphatic rings. The van der Waals surface area contributed by atoms with Crippen LogP contribution in [0.15, 0.2) is 18.2 Å². The molecule has 1 saturated heterocycles. The Bertz CT molecular complexity index is 439. The van der Waals surface area contributed by atoms with E-state index in [2.05, 4.69) is 11.8 Å². The zero-order chi connectivity index (χ0) is 13.1. The van der Waals surface area contributed by atoms with Gasteiger partial charge in [0, 0.05) is 17.1 Å². The van der Waals surface area contributed by atoms with Crippen LogP contribution >= 0.6 is 23.8 Å². The summed E-state index contributed by atoms with van der Waals surface area (Å²) in [5, 5.41) is 0.763. The number of nitrogens with zero attached hydrogens (tertiary/aromatic N) is 1. The van der Waals surface area contributed by atoms with E-state index >= 15 is 0 Å². The van der Waals surface area contributed by atoms with Gasteiger partial charge in [0.15, 0.2) is 0 Å². The van der Waals surface area contributed by atoms with E-state index in [1.165, 1.54) is 12.8 Å². The molecular formula is C14H19ClN2S. The van der Waals surface area contributed by atoms with Gasteiger partial charge in [-0.3, -0.25) is 4.90 Å². The minimum Gasteiger partial charge on any atom is -0.389 e. The molecule has 2 rings (SSSR count). The number of hydrogen-bond donors (Lipinski definition) is 1. The standard InChI is InChI=1S/C14H19ClN2S/c1-10-4-6-17(7-5-10)9-12-3-2-11(14(16)18)8-13(12)15/h2-3,8,10H,4-7,9H2,1H3,(H2,16,18). The Labute approximate surface area is 119 Å². The van der Waals surface area contributed by atoms with Gasteiger partial charge in [-0.05, 0) is 43.5 Å². The molecule has 0 amide bonds. The molecule has 4 heteroatoms. The minimum atomic E-state index is 0.398. The summed E-state index contributed by atoms with van der Waals surface area (Å²) >= 11 is 11.2. The largest absolute Gasteiger partial charge is 0.389 e. The van der Waals surface area contributed by atoms with Gasteiger partial charge >= 0.3 is 0 Å². The topological polar surface area (TPSA) is 29.3 Å². The van der Waals surface area contributed by atoms with Gasteiger partial charge in [0.2, 0.25) is 0 Å². The van der Waals surface area contributed by atoms with Crippen molar-refractivity contribution in [2.24, 2.45) is 11.7 Å². The van der Waals surface area contributed by atoms with Gasteiger partial charge in [0.25, 0.3) is 0 Å². The van der Waals surface area contributed by atoms with E-state index in [-0.39, 0.29) is 0 Å². The minimum absolute atomic E-state index is 0.398. The van der Waals surface area contributed by atoms with Crippen LogP contribution in [0.3, 0.4) is 0 Å². The highest BCUT2D eigenvalue weighted by molar-refractivity contribution is 7.80. The van der Waals surface area contributed by atoms with Crippen LogP contribution in [0.1, 0.15) is 30.9 Å². The number of hydrogen-bond acceptors (Lipinski definition) is 2. The number of piperidine rings is 1. The van der Waals surface area contributed by atoms with Gasteiger partial charge in [0.05, 0.1) is 0 Å². The van der Waals surface area contributed by atoms with Crippen molar-refractivity contribution in [3.05, 3.63) is 34.3 Å². The third-order valence-corrected chi connectivity index (χ3v) is 4.20. The second kappa shape index (κ2) is 6.00. The second-order valence-corrected chi connectivity index (χ2v) is 5.98. The fraction of sp³-hybridized carbons (Fsp3) is 0.500. The van der Waals surface area contributed by atoms with Crippen LogP contribution in [-0.2, 0) is 6.54 Å². The highest BCUT2D eigenvalue weighted by atomic mass is 35.5. The molecule has 98 valence electrons. The van der Waals surface area contributed by atoms with Crippen molar-refractivity contribution >= 4 is 28.8 Å². The van der Waals surface area contributed by atoms with E-state index in [9.17, 15) is 0 Å². The van der Waals surface area contributed by atoms with E-state index in [4.69, 9.17) is 29.6 Å². The Morgan fingerprint density at radius 3 is 2.67 bits per heavy atom. The fourth-order valence-corrected chi connectivity index (χ4v) is 2.66. The van der Waals surface area contributed by atoms with Crippen LogP contribution in [0.5, 0.6) is 0 Å². The summed E-state index contributed by atoms with van der Waals surface area (Å²) < 4.78 is 0. The van der Waals surface area contributed by atoms with Crippen molar-refractivity contribution in [1.82, 2.24) is 4.90 Å². The summed E-state index contributed by atoms with van der Waals surface area (Å²) in [4.78, 5) is 2.86. The van der Waals surface area contributed by atoms with Crippen LogP contribution in [0.2, 0.25) is 5.02 Å². The molecule has 0 aliphatic carbocycles. The summed E-state index contributed by atoms with van der Waals surface area (Å²) in [5.74, 6) is 0.855. The number of thiocarbonyl (C=S) groups is 1.